The van der Waals surface area contributed by atoms with Crippen LogP contribution in [0.1, 0.15) is 32.0 Å². The van der Waals surface area contributed by atoms with Gasteiger partial charge < -0.3 is 4.90 Å². The van der Waals surface area contributed by atoms with Gasteiger partial charge in [0.15, 0.2) is 0 Å². The van der Waals surface area contributed by atoms with Crippen LogP contribution >= 0.6 is 0 Å². The first-order valence-electron chi connectivity index (χ1n) is 6.81. The van der Waals surface area contributed by atoms with E-state index in [-0.39, 0.29) is 5.41 Å². The molecule has 0 unspecified atom stereocenters. The Morgan fingerprint density at radius 2 is 1.78 bits per heavy atom. The molecule has 0 saturated carbocycles. The summed E-state index contributed by atoms with van der Waals surface area (Å²) in [6.07, 6.45) is 2.04. The lowest BCUT2D eigenvalue weighted by atomic mass is 9.91. The largest absolute Gasteiger partial charge is 0.304 e. The lowest BCUT2D eigenvalue weighted by Gasteiger charge is -2.32. The smallest absolute Gasteiger partial charge is 0.0457 e. The molecule has 0 N–H and O–H groups in total. The van der Waals surface area contributed by atoms with Crippen LogP contribution in [-0.2, 0) is 12.0 Å². The van der Waals surface area contributed by atoms with Crippen molar-refractivity contribution in [3.05, 3.63) is 29.6 Å². The fraction of sp³-hybridized carbons (Fsp3) is 0.667. The second-order valence-corrected chi connectivity index (χ2v) is 6.38. The molecule has 1 aromatic rings. The first kappa shape index (κ1) is 13.5. The van der Waals surface area contributed by atoms with Gasteiger partial charge in [0.2, 0.25) is 0 Å². The number of rotatable bonds is 2. The van der Waals surface area contributed by atoms with Gasteiger partial charge in [0.25, 0.3) is 0 Å². The standard InChI is InChI=1S/C15H25N3/c1-15(2,3)14-6-5-13(11-16-14)12-18-9-7-17(4)8-10-18/h5-6,11H,7-10,12H2,1-4H3. The Morgan fingerprint density at radius 1 is 1.11 bits per heavy atom. The molecule has 1 fully saturated rings. The highest BCUT2D eigenvalue weighted by Crippen LogP contribution is 2.20. The van der Waals surface area contributed by atoms with E-state index in [0.717, 1.165) is 19.6 Å². The van der Waals surface area contributed by atoms with Gasteiger partial charge in [-0.05, 0) is 18.7 Å². The van der Waals surface area contributed by atoms with E-state index in [1.54, 1.807) is 0 Å². The first-order valence-corrected chi connectivity index (χ1v) is 6.81. The van der Waals surface area contributed by atoms with Crippen LogP contribution in [0.4, 0.5) is 0 Å². The summed E-state index contributed by atoms with van der Waals surface area (Å²) in [5.41, 5.74) is 2.64. The number of piperazine rings is 1. The maximum absolute atomic E-state index is 4.59. The molecule has 0 aliphatic carbocycles. The summed E-state index contributed by atoms with van der Waals surface area (Å²) in [7, 11) is 2.19. The average Bonchev–Trinajstić information content (AvgIpc) is 2.32. The van der Waals surface area contributed by atoms with Gasteiger partial charge in [-0.15, -0.1) is 0 Å². The van der Waals surface area contributed by atoms with Gasteiger partial charge >= 0.3 is 0 Å². The van der Waals surface area contributed by atoms with E-state index in [2.05, 4.69) is 54.7 Å². The van der Waals surface area contributed by atoms with Crippen LogP contribution in [0.5, 0.6) is 0 Å². The maximum Gasteiger partial charge on any atom is 0.0457 e. The van der Waals surface area contributed by atoms with Gasteiger partial charge in [0.1, 0.15) is 0 Å². The molecule has 0 amide bonds. The third-order valence-electron chi connectivity index (χ3n) is 3.60. The van der Waals surface area contributed by atoms with Gasteiger partial charge in [0.05, 0.1) is 0 Å². The summed E-state index contributed by atoms with van der Waals surface area (Å²) in [6.45, 7) is 12.3. The zero-order valence-electron chi connectivity index (χ0n) is 12.1. The molecule has 0 spiro atoms. The molecule has 1 aliphatic rings. The van der Waals surface area contributed by atoms with Crippen molar-refractivity contribution in [1.29, 1.82) is 0 Å². The Balaban J connectivity index is 1.94. The Labute approximate surface area is 111 Å². The van der Waals surface area contributed by atoms with Crippen molar-refractivity contribution >= 4 is 0 Å². The molecular formula is C15H25N3. The highest BCUT2D eigenvalue weighted by molar-refractivity contribution is 5.19. The number of nitrogens with zero attached hydrogens (tertiary/aromatic N) is 3. The molecule has 18 heavy (non-hydrogen) atoms. The van der Waals surface area contributed by atoms with Gasteiger partial charge in [-0.1, -0.05) is 26.8 Å². The van der Waals surface area contributed by atoms with Crippen molar-refractivity contribution in [2.45, 2.75) is 32.7 Å². The first-order chi connectivity index (χ1) is 8.45. The van der Waals surface area contributed by atoms with Crippen LogP contribution in [0.15, 0.2) is 18.3 Å². The molecule has 1 aliphatic heterocycles. The van der Waals surface area contributed by atoms with Crippen LogP contribution in [0.25, 0.3) is 0 Å². The van der Waals surface area contributed by atoms with Gasteiger partial charge in [0, 0.05) is 50.0 Å². The van der Waals surface area contributed by atoms with E-state index >= 15 is 0 Å². The van der Waals surface area contributed by atoms with Crippen LogP contribution in [0, 0.1) is 0 Å². The number of aromatic nitrogens is 1. The third kappa shape index (κ3) is 3.53. The molecule has 2 heterocycles. The van der Waals surface area contributed by atoms with Crippen molar-refractivity contribution in [2.24, 2.45) is 0 Å². The average molecular weight is 247 g/mol. The highest BCUT2D eigenvalue weighted by Gasteiger charge is 2.16. The summed E-state index contributed by atoms with van der Waals surface area (Å²) in [4.78, 5) is 9.49. The van der Waals surface area contributed by atoms with E-state index in [9.17, 15) is 0 Å². The molecule has 1 aromatic heterocycles. The lowest BCUT2D eigenvalue weighted by Crippen LogP contribution is -2.43. The second kappa shape index (κ2) is 5.37. The van der Waals surface area contributed by atoms with Crippen LogP contribution in [-0.4, -0.2) is 48.0 Å². The van der Waals surface area contributed by atoms with Gasteiger partial charge in [-0.3, -0.25) is 9.88 Å². The van der Waals surface area contributed by atoms with Crippen molar-refractivity contribution in [3.63, 3.8) is 0 Å². The normalized spacial score (nSPS) is 19.1. The van der Waals surface area contributed by atoms with E-state index in [0.29, 0.717) is 0 Å². The van der Waals surface area contributed by atoms with E-state index < -0.39 is 0 Å². The van der Waals surface area contributed by atoms with E-state index in [4.69, 9.17) is 0 Å². The van der Waals surface area contributed by atoms with Crippen molar-refractivity contribution in [1.82, 2.24) is 14.8 Å². The molecule has 0 bridgehead atoms. The third-order valence-corrected chi connectivity index (χ3v) is 3.60. The molecule has 0 aromatic carbocycles. The molecule has 3 nitrogen and oxygen atoms in total. The molecule has 3 heteroatoms. The fourth-order valence-corrected chi connectivity index (χ4v) is 2.23. The van der Waals surface area contributed by atoms with Crippen molar-refractivity contribution in [2.75, 3.05) is 33.2 Å². The maximum atomic E-state index is 4.59. The predicted molar refractivity (Wildman–Crippen MR) is 75.7 cm³/mol. The predicted octanol–water partition coefficient (Wildman–Crippen LogP) is 2.13. The number of pyridine rings is 1. The summed E-state index contributed by atoms with van der Waals surface area (Å²) >= 11 is 0. The van der Waals surface area contributed by atoms with Gasteiger partial charge in [-0.25, -0.2) is 0 Å². The van der Waals surface area contributed by atoms with Crippen LogP contribution in [0.3, 0.4) is 0 Å². The van der Waals surface area contributed by atoms with Crippen LogP contribution in [0.2, 0.25) is 0 Å². The SMILES string of the molecule is CN1CCN(Cc2ccc(C(C)(C)C)nc2)CC1. The Morgan fingerprint density at radius 3 is 2.28 bits per heavy atom. The number of hydrogen-bond acceptors (Lipinski definition) is 3. The number of likely N-dealkylation sites (N-methyl/N-ethyl adjacent to an activating group) is 1. The monoisotopic (exact) mass is 247 g/mol. The molecule has 2 rings (SSSR count). The van der Waals surface area contributed by atoms with Crippen molar-refractivity contribution < 1.29 is 0 Å². The second-order valence-electron chi connectivity index (χ2n) is 6.38. The summed E-state index contributed by atoms with van der Waals surface area (Å²) < 4.78 is 0. The Hall–Kier alpha value is -0.930. The summed E-state index contributed by atoms with van der Waals surface area (Å²) in [5, 5.41) is 0. The van der Waals surface area contributed by atoms with Gasteiger partial charge in [-0.2, -0.15) is 0 Å². The highest BCUT2D eigenvalue weighted by atomic mass is 15.2. The van der Waals surface area contributed by atoms with Crippen molar-refractivity contribution in [3.8, 4) is 0 Å². The molecule has 0 atom stereocenters. The minimum absolute atomic E-state index is 0.145. The fourth-order valence-electron chi connectivity index (χ4n) is 2.23. The summed E-state index contributed by atoms with van der Waals surface area (Å²) in [5.74, 6) is 0. The molecule has 1 saturated heterocycles. The van der Waals surface area contributed by atoms with Crippen LogP contribution < -0.4 is 0 Å². The molecule has 0 radical (unpaired) electrons. The Bertz CT molecular complexity index is 370. The molecule has 100 valence electrons. The van der Waals surface area contributed by atoms with E-state index in [1.807, 2.05) is 6.20 Å². The quantitative estimate of drug-likeness (QED) is 0.798. The van der Waals surface area contributed by atoms with E-state index in [1.165, 1.54) is 24.3 Å². The topological polar surface area (TPSA) is 19.4 Å². The minimum atomic E-state index is 0.145. The molecular weight excluding hydrogens is 222 g/mol. The zero-order chi connectivity index (χ0) is 13.2. The summed E-state index contributed by atoms with van der Waals surface area (Å²) in [6, 6.07) is 4.40. The number of hydrogen-bond donors (Lipinski definition) is 0. The minimum Gasteiger partial charge on any atom is -0.304 e. The zero-order valence-corrected chi connectivity index (χ0v) is 12.1. The Kier molecular flexibility index (Phi) is 4.03. The lowest BCUT2D eigenvalue weighted by molar-refractivity contribution is 0.148.